The summed E-state index contributed by atoms with van der Waals surface area (Å²) in [5.74, 6) is -0.335. The van der Waals surface area contributed by atoms with Crippen molar-refractivity contribution in [2.45, 2.75) is 13.1 Å². The number of aromatic nitrogens is 2. The number of rotatable bonds is 4. The van der Waals surface area contributed by atoms with E-state index in [0.29, 0.717) is 28.1 Å². The fraction of sp³-hybridized carbons (Fsp3) is 0.0909. The van der Waals surface area contributed by atoms with Gasteiger partial charge in [0.1, 0.15) is 11.6 Å². The molecule has 4 aromatic rings. The molecule has 0 unspecified atom stereocenters. The molecular weight excluding hydrogens is 412 g/mol. The van der Waals surface area contributed by atoms with Crippen molar-refractivity contribution < 1.29 is 22.4 Å². The predicted octanol–water partition coefficient (Wildman–Crippen LogP) is 6.03. The highest BCUT2D eigenvalue weighted by Gasteiger charge is 2.30. The van der Waals surface area contributed by atoms with E-state index in [1.54, 1.807) is 31.2 Å². The lowest BCUT2D eigenvalue weighted by Crippen LogP contribution is -2.13. The molecule has 158 valence electrons. The third-order valence-corrected chi connectivity index (χ3v) is 4.70. The van der Waals surface area contributed by atoms with Gasteiger partial charge in [-0.25, -0.2) is 9.37 Å². The normalized spacial score (nSPS) is 11.5. The SMILES string of the molecule is Cc1cc(NC(=O)c2ccc(C(F)(F)F)cc2)cnc1Nc1ccc2c(F)c[nH]c2c1. The van der Waals surface area contributed by atoms with Gasteiger partial charge in [0.05, 0.1) is 23.0 Å². The Bertz CT molecular complexity index is 1260. The van der Waals surface area contributed by atoms with Crippen molar-refractivity contribution in [2.24, 2.45) is 0 Å². The molecule has 2 aromatic heterocycles. The Labute approximate surface area is 174 Å². The Hall–Kier alpha value is -3.88. The Morgan fingerprint density at radius 2 is 1.77 bits per heavy atom. The van der Waals surface area contributed by atoms with Crippen molar-refractivity contribution in [1.29, 1.82) is 0 Å². The summed E-state index contributed by atoms with van der Waals surface area (Å²) in [4.78, 5) is 19.5. The first-order valence-electron chi connectivity index (χ1n) is 9.19. The van der Waals surface area contributed by atoms with E-state index >= 15 is 0 Å². The summed E-state index contributed by atoms with van der Waals surface area (Å²) in [6.07, 6.45) is -1.74. The van der Waals surface area contributed by atoms with E-state index in [9.17, 15) is 22.4 Å². The average Bonchev–Trinajstić information content (AvgIpc) is 3.10. The van der Waals surface area contributed by atoms with Gasteiger partial charge in [-0.2, -0.15) is 13.2 Å². The highest BCUT2D eigenvalue weighted by molar-refractivity contribution is 6.04. The number of nitrogens with zero attached hydrogens (tertiary/aromatic N) is 1. The second-order valence-electron chi connectivity index (χ2n) is 6.94. The maximum atomic E-state index is 13.6. The first-order chi connectivity index (χ1) is 14.7. The van der Waals surface area contributed by atoms with Crippen molar-refractivity contribution in [3.8, 4) is 0 Å². The molecular formula is C22H16F4N4O. The molecule has 5 nitrogen and oxygen atoms in total. The molecule has 3 N–H and O–H groups in total. The summed E-state index contributed by atoms with van der Waals surface area (Å²) < 4.78 is 51.5. The largest absolute Gasteiger partial charge is 0.416 e. The van der Waals surface area contributed by atoms with Crippen molar-refractivity contribution in [3.05, 3.63) is 83.4 Å². The van der Waals surface area contributed by atoms with Gasteiger partial charge in [0.25, 0.3) is 5.91 Å². The Morgan fingerprint density at radius 1 is 1.03 bits per heavy atom. The second-order valence-corrected chi connectivity index (χ2v) is 6.94. The molecule has 31 heavy (non-hydrogen) atoms. The third-order valence-electron chi connectivity index (χ3n) is 4.70. The van der Waals surface area contributed by atoms with Gasteiger partial charge in [0.2, 0.25) is 0 Å². The average molecular weight is 428 g/mol. The summed E-state index contributed by atoms with van der Waals surface area (Å²) in [6, 6.07) is 10.8. The number of benzene rings is 2. The molecule has 0 fully saturated rings. The predicted molar refractivity (Wildman–Crippen MR) is 110 cm³/mol. The molecule has 4 rings (SSSR count). The molecule has 0 saturated heterocycles. The number of nitrogens with one attached hydrogen (secondary N) is 3. The van der Waals surface area contributed by atoms with E-state index in [1.165, 1.54) is 12.4 Å². The van der Waals surface area contributed by atoms with Gasteiger partial charge in [-0.15, -0.1) is 0 Å². The van der Waals surface area contributed by atoms with Gasteiger partial charge in [-0.1, -0.05) is 0 Å². The number of fused-ring (bicyclic) bond motifs is 1. The number of aromatic amines is 1. The molecule has 0 bridgehead atoms. The summed E-state index contributed by atoms with van der Waals surface area (Å²) in [6.45, 7) is 1.79. The molecule has 2 heterocycles. The number of alkyl halides is 3. The number of pyridine rings is 1. The van der Waals surface area contributed by atoms with Crippen molar-refractivity contribution in [1.82, 2.24) is 9.97 Å². The maximum absolute atomic E-state index is 13.6. The van der Waals surface area contributed by atoms with Crippen molar-refractivity contribution in [2.75, 3.05) is 10.6 Å². The highest BCUT2D eigenvalue weighted by atomic mass is 19.4. The number of H-pyrrole nitrogens is 1. The van der Waals surface area contributed by atoms with E-state index in [4.69, 9.17) is 0 Å². The molecule has 0 aliphatic rings. The van der Waals surface area contributed by atoms with Gasteiger partial charge in [-0.3, -0.25) is 4.79 Å². The lowest BCUT2D eigenvalue weighted by Gasteiger charge is -2.12. The molecule has 0 saturated carbocycles. The minimum Gasteiger partial charge on any atom is -0.358 e. The quantitative estimate of drug-likeness (QED) is 0.348. The second kappa shape index (κ2) is 7.75. The number of carbonyl (C=O) groups excluding carboxylic acids is 1. The van der Waals surface area contributed by atoms with Crippen LogP contribution in [0, 0.1) is 12.7 Å². The first kappa shape index (κ1) is 20.4. The van der Waals surface area contributed by atoms with Crippen LogP contribution in [0.2, 0.25) is 0 Å². The van der Waals surface area contributed by atoms with Crippen molar-refractivity contribution in [3.63, 3.8) is 0 Å². The Balaban J connectivity index is 1.47. The Kier molecular flexibility index (Phi) is 5.10. The van der Waals surface area contributed by atoms with Crippen LogP contribution in [0.5, 0.6) is 0 Å². The van der Waals surface area contributed by atoms with Gasteiger partial charge < -0.3 is 15.6 Å². The van der Waals surface area contributed by atoms with E-state index in [2.05, 4.69) is 20.6 Å². The van der Waals surface area contributed by atoms with Crippen LogP contribution >= 0.6 is 0 Å². The molecule has 0 atom stereocenters. The summed E-state index contributed by atoms with van der Waals surface area (Å²) in [7, 11) is 0. The van der Waals surface area contributed by atoms with Crippen LogP contribution in [0.4, 0.5) is 34.8 Å². The third kappa shape index (κ3) is 4.35. The van der Waals surface area contributed by atoms with E-state index < -0.39 is 17.6 Å². The van der Waals surface area contributed by atoms with E-state index in [-0.39, 0.29) is 11.4 Å². The number of amides is 1. The summed E-state index contributed by atoms with van der Waals surface area (Å²) in [5, 5.41) is 6.23. The van der Waals surface area contributed by atoms with Crippen LogP contribution in [0.3, 0.4) is 0 Å². The van der Waals surface area contributed by atoms with Gasteiger partial charge >= 0.3 is 6.18 Å². The fourth-order valence-electron chi connectivity index (χ4n) is 3.09. The number of hydrogen-bond donors (Lipinski definition) is 3. The standard InChI is InChI=1S/C22H16F4N4O/c1-12-8-16(30-21(31)13-2-4-14(5-3-13)22(24,25)26)10-28-20(12)29-15-6-7-17-18(23)11-27-19(17)9-15/h2-11,27H,1H3,(H,28,29)(H,30,31). The first-order valence-corrected chi connectivity index (χ1v) is 9.19. The highest BCUT2D eigenvalue weighted by Crippen LogP contribution is 2.29. The maximum Gasteiger partial charge on any atom is 0.416 e. The lowest BCUT2D eigenvalue weighted by molar-refractivity contribution is -0.137. The molecule has 1 amide bonds. The zero-order chi connectivity index (χ0) is 22.2. The minimum atomic E-state index is -4.46. The van der Waals surface area contributed by atoms with E-state index in [0.717, 1.165) is 29.8 Å². The topological polar surface area (TPSA) is 69.8 Å². The van der Waals surface area contributed by atoms with Crippen LogP contribution in [0.15, 0.2) is 60.9 Å². The smallest absolute Gasteiger partial charge is 0.358 e. The lowest BCUT2D eigenvalue weighted by atomic mass is 10.1. The molecule has 0 spiro atoms. The van der Waals surface area contributed by atoms with Gasteiger partial charge in [0.15, 0.2) is 0 Å². The molecule has 0 aliphatic heterocycles. The number of halogens is 4. The zero-order valence-corrected chi connectivity index (χ0v) is 16.1. The summed E-state index contributed by atoms with van der Waals surface area (Å²) >= 11 is 0. The number of hydrogen-bond acceptors (Lipinski definition) is 3. The number of anilines is 3. The van der Waals surface area contributed by atoms with Gasteiger partial charge in [-0.05, 0) is 61.0 Å². The monoisotopic (exact) mass is 428 g/mol. The van der Waals surface area contributed by atoms with Crippen LogP contribution in [-0.2, 0) is 6.18 Å². The number of carbonyl (C=O) groups is 1. The molecule has 0 aliphatic carbocycles. The van der Waals surface area contributed by atoms with Crippen LogP contribution < -0.4 is 10.6 Å². The summed E-state index contributed by atoms with van der Waals surface area (Å²) in [5.41, 5.74) is 1.74. The Morgan fingerprint density at radius 3 is 2.45 bits per heavy atom. The molecule has 9 heteroatoms. The molecule has 2 aromatic carbocycles. The number of aryl methyl sites for hydroxylation is 1. The van der Waals surface area contributed by atoms with Crippen LogP contribution in [0.1, 0.15) is 21.5 Å². The molecule has 0 radical (unpaired) electrons. The zero-order valence-electron chi connectivity index (χ0n) is 16.1. The fourth-order valence-corrected chi connectivity index (χ4v) is 3.09. The van der Waals surface area contributed by atoms with Crippen LogP contribution in [-0.4, -0.2) is 15.9 Å². The van der Waals surface area contributed by atoms with Crippen LogP contribution in [0.25, 0.3) is 10.9 Å². The van der Waals surface area contributed by atoms with Gasteiger partial charge in [0, 0.05) is 22.8 Å². The van der Waals surface area contributed by atoms with E-state index in [1.807, 2.05) is 0 Å². The minimum absolute atomic E-state index is 0.0966. The van der Waals surface area contributed by atoms with Crippen molar-refractivity contribution >= 4 is 34.0 Å².